The van der Waals surface area contributed by atoms with Crippen molar-refractivity contribution in [3.05, 3.63) is 41.0 Å². The maximum atomic E-state index is 11.1. The van der Waals surface area contributed by atoms with Crippen LogP contribution < -0.4 is 0 Å². The van der Waals surface area contributed by atoms with Crippen LogP contribution in [0.1, 0.15) is 11.1 Å². The Kier molecular flexibility index (Phi) is 3.64. The molecule has 0 unspecified atom stereocenters. The Morgan fingerprint density at radius 3 is 2.47 bits per heavy atom. The average Bonchev–Trinajstić information content (AvgIpc) is 2.27. The number of hydrogen-bond donors (Lipinski definition) is 0. The van der Waals surface area contributed by atoms with Gasteiger partial charge < -0.3 is 4.74 Å². The second-order valence-corrected chi connectivity index (χ2v) is 3.07. The minimum atomic E-state index is -0.613. The number of esters is 1. The van der Waals surface area contributed by atoms with Crippen molar-refractivity contribution in [2.24, 2.45) is 0 Å². The first-order chi connectivity index (χ1) is 7.17. The van der Waals surface area contributed by atoms with Crippen LogP contribution >= 0.6 is 0 Å². The Morgan fingerprint density at radius 2 is 2.00 bits per heavy atom. The van der Waals surface area contributed by atoms with Crippen molar-refractivity contribution in [1.82, 2.24) is 0 Å². The first-order valence-electron chi connectivity index (χ1n) is 4.44. The zero-order chi connectivity index (χ0) is 11.3. The number of aryl methyl sites for hydroxylation is 1. The maximum absolute atomic E-state index is 11.1. The summed E-state index contributed by atoms with van der Waals surface area (Å²) in [5.74, 6) is -0.613. The summed E-state index contributed by atoms with van der Waals surface area (Å²) in [4.78, 5) is 11.1. The first kappa shape index (κ1) is 11.0. The molecule has 15 heavy (non-hydrogen) atoms. The lowest BCUT2D eigenvalue weighted by molar-refractivity contribution is -0.135. The van der Waals surface area contributed by atoms with Crippen molar-refractivity contribution in [2.45, 2.75) is 6.92 Å². The number of carbonyl (C=O) groups is 1. The third-order valence-corrected chi connectivity index (χ3v) is 1.91. The predicted molar refractivity (Wildman–Crippen MR) is 56.8 cm³/mol. The third kappa shape index (κ3) is 2.96. The Bertz CT molecular complexity index is 424. The molecule has 3 heteroatoms. The first-order valence-corrected chi connectivity index (χ1v) is 4.44. The minimum absolute atomic E-state index is 0.00125. The van der Waals surface area contributed by atoms with E-state index < -0.39 is 5.97 Å². The van der Waals surface area contributed by atoms with E-state index >= 15 is 0 Å². The minimum Gasteiger partial charge on any atom is -0.465 e. The molecule has 1 aromatic carbocycles. The van der Waals surface area contributed by atoms with Crippen LogP contribution in [0.25, 0.3) is 6.08 Å². The summed E-state index contributed by atoms with van der Waals surface area (Å²) in [6.07, 6.45) is 1.51. The predicted octanol–water partition coefficient (Wildman–Crippen LogP) is 2.08. The molecule has 0 radical (unpaired) electrons. The fourth-order valence-electron chi connectivity index (χ4n) is 1.08. The quantitative estimate of drug-likeness (QED) is 0.418. The van der Waals surface area contributed by atoms with Gasteiger partial charge in [-0.2, -0.15) is 5.26 Å². The highest BCUT2D eigenvalue weighted by Crippen LogP contribution is 2.09. The van der Waals surface area contributed by atoms with Crippen molar-refractivity contribution in [3.63, 3.8) is 0 Å². The van der Waals surface area contributed by atoms with Gasteiger partial charge in [0.15, 0.2) is 0 Å². The van der Waals surface area contributed by atoms with Crippen LogP contribution in [0, 0.1) is 18.3 Å². The van der Waals surface area contributed by atoms with Crippen LogP contribution in [0.4, 0.5) is 0 Å². The van der Waals surface area contributed by atoms with Gasteiger partial charge in [0.2, 0.25) is 0 Å². The number of methoxy groups -OCH3 is 1. The summed E-state index contributed by atoms with van der Waals surface area (Å²) in [6.45, 7) is 1.97. The van der Waals surface area contributed by atoms with Crippen LogP contribution in [0.3, 0.4) is 0 Å². The molecule has 0 fully saturated rings. The summed E-state index contributed by atoms with van der Waals surface area (Å²) in [6, 6.07) is 9.32. The van der Waals surface area contributed by atoms with E-state index in [0.717, 1.165) is 11.1 Å². The average molecular weight is 201 g/mol. The van der Waals surface area contributed by atoms with Crippen molar-refractivity contribution < 1.29 is 9.53 Å². The molecule has 3 nitrogen and oxygen atoms in total. The Labute approximate surface area is 88.6 Å². The smallest absolute Gasteiger partial charge is 0.348 e. The topological polar surface area (TPSA) is 50.1 Å². The molecule has 0 aliphatic carbocycles. The molecular formula is C12H11NO2. The Balaban J connectivity index is 3.00. The number of hydrogen-bond acceptors (Lipinski definition) is 3. The zero-order valence-corrected chi connectivity index (χ0v) is 8.65. The molecule has 1 aromatic rings. The molecule has 76 valence electrons. The van der Waals surface area contributed by atoms with Gasteiger partial charge >= 0.3 is 5.97 Å². The number of carbonyl (C=O) groups excluding carboxylic acids is 1. The molecule has 0 bridgehead atoms. The highest BCUT2D eigenvalue weighted by Gasteiger charge is 2.07. The highest BCUT2D eigenvalue weighted by molar-refractivity contribution is 5.97. The molecule has 0 saturated heterocycles. The van der Waals surface area contributed by atoms with E-state index in [1.54, 1.807) is 6.07 Å². The van der Waals surface area contributed by atoms with Crippen molar-refractivity contribution in [1.29, 1.82) is 5.26 Å². The van der Waals surface area contributed by atoms with E-state index in [9.17, 15) is 4.79 Å². The second kappa shape index (κ2) is 4.97. The second-order valence-electron chi connectivity index (χ2n) is 3.07. The van der Waals surface area contributed by atoms with Gasteiger partial charge in [0.25, 0.3) is 0 Å². The summed E-state index contributed by atoms with van der Waals surface area (Å²) in [5, 5.41) is 8.72. The monoisotopic (exact) mass is 201 g/mol. The van der Waals surface area contributed by atoms with Crippen molar-refractivity contribution >= 4 is 12.0 Å². The fraction of sp³-hybridized carbons (Fsp3) is 0.167. The van der Waals surface area contributed by atoms with Crippen LogP contribution in [0.2, 0.25) is 0 Å². The Morgan fingerprint density at radius 1 is 1.40 bits per heavy atom. The maximum Gasteiger partial charge on any atom is 0.348 e. The summed E-state index contributed by atoms with van der Waals surface area (Å²) < 4.78 is 4.47. The van der Waals surface area contributed by atoms with Crippen LogP contribution in [-0.4, -0.2) is 13.1 Å². The standard InChI is InChI=1S/C12H11NO2/c1-9-3-5-10(6-4-9)7-11(8-13)12(14)15-2/h3-7H,1-2H3/b11-7+. The molecule has 0 aliphatic rings. The molecule has 0 saturated carbocycles. The van der Waals surface area contributed by atoms with Crippen LogP contribution in [0.15, 0.2) is 29.8 Å². The van der Waals surface area contributed by atoms with E-state index in [2.05, 4.69) is 4.74 Å². The molecule has 0 amide bonds. The fourth-order valence-corrected chi connectivity index (χ4v) is 1.08. The van der Waals surface area contributed by atoms with Gasteiger partial charge in [-0.25, -0.2) is 4.79 Å². The van der Waals surface area contributed by atoms with E-state index in [1.807, 2.05) is 31.2 Å². The molecular weight excluding hydrogens is 190 g/mol. The molecule has 0 spiro atoms. The van der Waals surface area contributed by atoms with Gasteiger partial charge in [-0.15, -0.1) is 0 Å². The van der Waals surface area contributed by atoms with Crippen LogP contribution in [0.5, 0.6) is 0 Å². The van der Waals surface area contributed by atoms with Gasteiger partial charge in [-0.05, 0) is 18.6 Å². The molecule has 0 aliphatic heterocycles. The van der Waals surface area contributed by atoms with E-state index in [0.29, 0.717) is 0 Å². The summed E-state index contributed by atoms with van der Waals surface area (Å²) >= 11 is 0. The molecule has 1 rings (SSSR count). The Hall–Kier alpha value is -2.08. The number of rotatable bonds is 2. The van der Waals surface area contributed by atoms with E-state index in [-0.39, 0.29) is 5.57 Å². The molecule has 0 aromatic heterocycles. The van der Waals surface area contributed by atoms with Crippen LogP contribution in [-0.2, 0) is 9.53 Å². The number of nitrogens with zero attached hydrogens (tertiary/aromatic N) is 1. The lowest BCUT2D eigenvalue weighted by Gasteiger charge is -1.97. The normalized spacial score (nSPS) is 10.6. The number of benzene rings is 1. The summed E-state index contributed by atoms with van der Waals surface area (Å²) in [7, 11) is 1.25. The van der Waals surface area contributed by atoms with Gasteiger partial charge in [0, 0.05) is 0 Å². The van der Waals surface area contributed by atoms with Gasteiger partial charge in [0.05, 0.1) is 7.11 Å². The van der Waals surface area contributed by atoms with Crippen molar-refractivity contribution in [2.75, 3.05) is 7.11 Å². The lowest BCUT2D eigenvalue weighted by Crippen LogP contribution is -2.02. The number of ether oxygens (including phenoxy) is 1. The number of nitriles is 1. The molecule has 0 N–H and O–H groups in total. The SMILES string of the molecule is COC(=O)/C(C#N)=C/c1ccc(C)cc1. The van der Waals surface area contributed by atoms with Crippen molar-refractivity contribution in [3.8, 4) is 6.07 Å². The zero-order valence-electron chi connectivity index (χ0n) is 8.65. The molecule has 0 heterocycles. The largest absolute Gasteiger partial charge is 0.465 e. The van der Waals surface area contributed by atoms with E-state index in [1.165, 1.54) is 13.2 Å². The van der Waals surface area contributed by atoms with Gasteiger partial charge in [0.1, 0.15) is 11.6 Å². The van der Waals surface area contributed by atoms with Gasteiger partial charge in [-0.1, -0.05) is 29.8 Å². The van der Waals surface area contributed by atoms with E-state index in [4.69, 9.17) is 5.26 Å². The highest BCUT2D eigenvalue weighted by atomic mass is 16.5. The third-order valence-electron chi connectivity index (χ3n) is 1.91. The molecule has 0 atom stereocenters. The summed E-state index contributed by atoms with van der Waals surface area (Å²) in [5.41, 5.74) is 1.94. The van der Waals surface area contributed by atoms with Gasteiger partial charge in [-0.3, -0.25) is 0 Å². The lowest BCUT2D eigenvalue weighted by atomic mass is 10.1.